The van der Waals surface area contributed by atoms with Crippen molar-refractivity contribution in [3.63, 3.8) is 0 Å². The summed E-state index contributed by atoms with van der Waals surface area (Å²) in [6.07, 6.45) is -0.381. The summed E-state index contributed by atoms with van der Waals surface area (Å²) in [7, 11) is 0. The number of nitrogens with one attached hydrogen (secondary N) is 2. The number of hydrogen-bond acceptors (Lipinski definition) is 4. The first kappa shape index (κ1) is 15.6. The summed E-state index contributed by atoms with van der Waals surface area (Å²) in [5.41, 5.74) is 1.84. The van der Waals surface area contributed by atoms with E-state index in [1.807, 2.05) is 20.8 Å². The highest BCUT2D eigenvalue weighted by atomic mass is 16.6. The number of alkyl carbamates (subject to hydrolysis) is 1. The lowest BCUT2D eigenvalue weighted by Gasteiger charge is -2.29. The van der Waals surface area contributed by atoms with Gasteiger partial charge in [0.05, 0.1) is 0 Å². The summed E-state index contributed by atoms with van der Waals surface area (Å²) >= 11 is 0. The van der Waals surface area contributed by atoms with Crippen molar-refractivity contribution in [1.82, 2.24) is 10.6 Å². The molecule has 0 aliphatic carbocycles. The molecule has 0 atom stereocenters. The van der Waals surface area contributed by atoms with Crippen LogP contribution in [-0.4, -0.2) is 37.9 Å². The number of benzene rings is 1. The van der Waals surface area contributed by atoms with Crippen LogP contribution < -0.4 is 15.5 Å². The molecule has 0 unspecified atom stereocenters. The van der Waals surface area contributed by atoms with Gasteiger partial charge in [-0.15, -0.1) is 0 Å². The molecule has 0 saturated carbocycles. The van der Waals surface area contributed by atoms with E-state index in [1.165, 1.54) is 5.69 Å². The van der Waals surface area contributed by atoms with Crippen molar-refractivity contribution in [3.05, 3.63) is 29.8 Å². The van der Waals surface area contributed by atoms with Gasteiger partial charge in [-0.05, 0) is 38.5 Å². The summed E-state index contributed by atoms with van der Waals surface area (Å²) < 4.78 is 5.21. The van der Waals surface area contributed by atoms with Gasteiger partial charge in [0.2, 0.25) is 0 Å². The predicted molar refractivity (Wildman–Crippen MR) is 84.6 cm³/mol. The number of anilines is 1. The van der Waals surface area contributed by atoms with E-state index in [9.17, 15) is 4.79 Å². The Morgan fingerprint density at radius 1 is 1.24 bits per heavy atom. The molecule has 21 heavy (non-hydrogen) atoms. The van der Waals surface area contributed by atoms with Gasteiger partial charge in [-0.1, -0.05) is 12.1 Å². The summed E-state index contributed by atoms with van der Waals surface area (Å²) in [4.78, 5) is 14.0. The summed E-state index contributed by atoms with van der Waals surface area (Å²) in [5.74, 6) is 0. The van der Waals surface area contributed by atoms with Crippen LogP contribution in [0.25, 0.3) is 0 Å². The number of carbonyl (C=O) groups is 1. The van der Waals surface area contributed by atoms with Crippen molar-refractivity contribution >= 4 is 11.8 Å². The maximum Gasteiger partial charge on any atom is 0.407 e. The lowest BCUT2D eigenvalue weighted by Crippen LogP contribution is -2.43. The van der Waals surface area contributed by atoms with Crippen molar-refractivity contribution in [2.24, 2.45) is 0 Å². The van der Waals surface area contributed by atoms with E-state index in [0.717, 1.165) is 31.7 Å². The summed E-state index contributed by atoms with van der Waals surface area (Å²) in [6.45, 7) is 10.2. The van der Waals surface area contributed by atoms with Gasteiger partial charge in [0.15, 0.2) is 0 Å². The summed E-state index contributed by atoms with van der Waals surface area (Å²) in [5, 5.41) is 6.11. The van der Waals surface area contributed by atoms with Crippen LogP contribution in [0.1, 0.15) is 26.3 Å². The van der Waals surface area contributed by atoms with Crippen LogP contribution >= 0.6 is 0 Å². The first-order valence-corrected chi connectivity index (χ1v) is 7.45. The van der Waals surface area contributed by atoms with E-state index in [4.69, 9.17) is 4.74 Å². The zero-order valence-corrected chi connectivity index (χ0v) is 13.1. The van der Waals surface area contributed by atoms with Crippen molar-refractivity contribution in [2.45, 2.75) is 32.9 Å². The number of amides is 1. The second-order valence-corrected chi connectivity index (χ2v) is 6.26. The lowest BCUT2D eigenvalue weighted by molar-refractivity contribution is 0.0523. The van der Waals surface area contributed by atoms with Gasteiger partial charge in [0.1, 0.15) is 5.60 Å². The van der Waals surface area contributed by atoms with Crippen molar-refractivity contribution in [1.29, 1.82) is 0 Å². The zero-order chi connectivity index (χ0) is 15.3. The van der Waals surface area contributed by atoms with Gasteiger partial charge in [-0.25, -0.2) is 4.79 Å². The van der Waals surface area contributed by atoms with E-state index in [1.54, 1.807) is 0 Å². The predicted octanol–water partition coefficient (Wildman–Crippen LogP) is 2.12. The van der Waals surface area contributed by atoms with Crippen molar-refractivity contribution < 1.29 is 9.53 Å². The summed E-state index contributed by atoms with van der Waals surface area (Å²) in [6, 6.07) is 8.32. The largest absolute Gasteiger partial charge is 0.444 e. The average molecular weight is 291 g/mol. The van der Waals surface area contributed by atoms with Gasteiger partial charge < -0.3 is 20.3 Å². The molecule has 0 aromatic heterocycles. The fourth-order valence-corrected chi connectivity index (χ4v) is 2.24. The number of ether oxygens (including phenoxy) is 1. The van der Waals surface area contributed by atoms with Crippen LogP contribution in [0.15, 0.2) is 24.3 Å². The number of hydrogen-bond donors (Lipinski definition) is 2. The van der Waals surface area contributed by atoms with E-state index in [-0.39, 0.29) is 6.09 Å². The minimum atomic E-state index is -0.462. The number of carbonyl (C=O) groups excluding carboxylic acids is 1. The fourth-order valence-electron chi connectivity index (χ4n) is 2.24. The van der Waals surface area contributed by atoms with Crippen LogP contribution in [0, 0.1) is 0 Å². The molecular formula is C16H25N3O2. The molecule has 1 aliphatic rings. The Bertz CT molecular complexity index is 459. The van der Waals surface area contributed by atoms with Crippen molar-refractivity contribution in [2.75, 3.05) is 31.1 Å². The second-order valence-electron chi connectivity index (χ2n) is 6.26. The Balaban J connectivity index is 1.83. The second kappa shape index (κ2) is 6.80. The Morgan fingerprint density at radius 3 is 2.43 bits per heavy atom. The van der Waals surface area contributed by atoms with Crippen LogP contribution in [0.3, 0.4) is 0 Å². The number of rotatable bonds is 3. The molecule has 1 aromatic rings. The molecule has 5 nitrogen and oxygen atoms in total. The third kappa shape index (κ3) is 5.27. The first-order valence-electron chi connectivity index (χ1n) is 7.45. The molecule has 0 spiro atoms. The third-order valence-electron chi connectivity index (χ3n) is 3.25. The molecule has 2 rings (SSSR count). The van der Waals surface area contributed by atoms with Crippen LogP contribution in [0.4, 0.5) is 10.5 Å². The Hall–Kier alpha value is -1.75. The Morgan fingerprint density at radius 2 is 1.86 bits per heavy atom. The first-order chi connectivity index (χ1) is 9.94. The van der Waals surface area contributed by atoms with Gasteiger partial charge in [-0.2, -0.15) is 0 Å². The SMILES string of the molecule is CC(C)(C)OC(=O)NCc1ccc(N2CCNCC2)cc1. The van der Waals surface area contributed by atoms with Gasteiger partial charge in [0.25, 0.3) is 0 Å². The Labute approximate surface area is 126 Å². The smallest absolute Gasteiger partial charge is 0.407 e. The fraction of sp³-hybridized carbons (Fsp3) is 0.562. The number of piperazine rings is 1. The molecule has 1 saturated heterocycles. The van der Waals surface area contributed by atoms with Crippen molar-refractivity contribution in [3.8, 4) is 0 Å². The molecule has 1 heterocycles. The van der Waals surface area contributed by atoms with Crippen LogP contribution in [0.5, 0.6) is 0 Å². The number of nitrogens with zero attached hydrogens (tertiary/aromatic N) is 1. The average Bonchev–Trinajstić information content (AvgIpc) is 2.45. The Kier molecular flexibility index (Phi) is 5.07. The monoisotopic (exact) mass is 291 g/mol. The maximum atomic E-state index is 11.6. The van der Waals surface area contributed by atoms with E-state index >= 15 is 0 Å². The lowest BCUT2D eigenvalue weighted by atomic mass is 10.2. The minimum Gasteiger partial charge on any atom is -0.444 e. The molecule has 2 N–H and O–H groups in total. The third-order valence-corrected chi connectivity index (χ3v) is 3.25. The van der Waals surface area contributed by atoms with E-state index < -0.39 is 5.60 Å². The minimum absolute atomic E-state index is 0.381. The van der Waals surface area contributed by atoms with Gasteiger partial charge >= 0.3 is 6.09 Å². The molecule has 1 amide bonds. The molecule has 5 heteroatoms. The highest BCUT2D eigenvalue weighted by molar-refractivity contribution is 5.67. The molecule has 116 valence electrons. The van der Waals surface area contributed by atoms with E-state index in [2.05, 4.69) is 39.8 Å². The molecule has 1 aromatic carbocycles. The molecule has 1 fully saturated rings. The standard InChI is InChI=1S/C16H25N3O2/c1-16(2,3)21-15(20)18-12-13-4-6-14(7-5-13)19-10-8-17-9-11-19/h4-7,17H,8-12H2,1-3H3,(H,18,20). The quantitative estimate of drug-likeness (QED) is 0.895. The highest BCUT2D eigenvalue weighted by Gasteiger charge is 2.15. The molecule has 0 radical (unpaired) electrons. The van der Waals surface area contributed by atoms with Gasteiger partial charge in [0, 0.05) is 38.4 Å². The van der Waals surface area contributed by atoms with E-state index in [0.29, 0.717) is 6.54 Å². The molecular weight excluding hydrogens is 266 g/mol. The van der Waals surface area contributed by atoms with Gasteiger partial charge in [-0.3, -0.25) is 0 Å². The normalized spacial score (nSPS) is 15.7. The molecule has 1 aliphatic heterocycles. The van der Waals surface area contributed by atoms with Crippen LogP contribution in [0.2, 0.25) is 0 Å². The van der Waals surface area contributed by atoms with Crippen LogP contribution in [-0.2, 0) is 11.3 Å². The topological polar surface area (TPSA) is 53.6 Å². The molecule has 0 bridgehead atoms. The maximum absolute atomic E-state index is 11.6. The zero-order valence-electron chi connectivity index (χ0n) is 13.1. The highest BCUT2D eigenvalue weighted by Crippen LogP contribution is 2.16.